The molecule has 6 heteroatoms. The molecule has 1 saturated heterocycles. The van der Waals surface area contributed by atoms with Crippen molar-refractivity contribution in [3.8, 4) is 0 Å². The van der Waals surface area contributed by atoms with E-state index in [0.717, 1.165) is 5.92 Å². The standard InChI is InChI=1S/C22H45N.C2H6O4S/c1-3-4-5-6-7-8-9-10-11-12-13-14-15-16-19-23-20-17-18-22(2)21-23;1-2-6-7(3,4)5/h22H,3-21H2,1-2H3;2H2,1H3,(H,3,4,5). The zero-order valence-electron chi connectivity index (χ0n) is 20.2. The van der Waals surface area contributed by atoms with Crippen molar-refractivity contribution in [3.63, 3.8) is 0 Å². The Bertz CT molecular complexity index is 456. The van der Waals surface area contributed by atoms with Crippen LogP contribution in [0.5, 0.6) is 0 Å². The highest BCUT2D eigenvalue weighted by Crippen LogP contribution is 2.17. The van der Waals surface area contributed by atoms with Gasteiger partial charge in [0.25, 0.3) is 0 Å². The molecule has 5 nitrogen and oxygen atoms in total. The van der Waals surface area contributed by atoms with Crippen molar-refractivity contribution in [3.05, 3.63) is 0 Å². The number of nitrogens with zero attached hydrogens (tertiary/aromatic N) is 1. The minimum atomic E-state index is -4.17. The predicted molar refractivity (Wildman–Crippen MR) is 128 cm³/mol. The van der Waals surface area contributed by atoms with E-state index in [1.54, 1.807) is 0 Å². The zero-order chi connectivity index (χ0) is 22.5. The number of piperidine rings is 1. The zero-order valence-corrected chi connectivity index (χ0v) is 21.1. The summed E-state index contributed by atoms with van der Waals surface area (Å²) >= 11 is 0. The lowest BCUT2D eigenvalue weighted by molar-refractivity contribution is 0.180. The van der Waals surface area contributed by atoms with E-state index < -0.39 is 10.4 Å². The van der Waals surface area contributed by atoms with Gasteiger partial charge in [0.05, 0.1) is 6.61 Å². The van der Waals surface area contributed by atoms with Crippen LogP contribution < -0.4 is 0 Å². The predicted octanol–water partition coefficient (Wildman–Crippen LogP) is 7.03. The van der Waals surface area contributed by atoms with E-state index in [0.29, 0.717) is 0 Å². The Balaban J connectivity index is 0.00000103. The molecule has 0 aromatic carbocycles. The van der Waals surface area contributed by atoms with E-state index in [1.807, 2.05) is 0 Å². The minimum Gasteiger partial charge on any atom is -0.303 e. The van der Waals surface area contributed by atoms with E-state index in [1.165, 1.54) is 129 Å². The smallest absolute Gasteiger partial charge is 0.303 e. The first-order valence-corrected chi connectivity index (χ1v) is 14.1. The monoisotopic (exact) mass is 449 g/mol. The average molecular weight is 450 g/mol. The molecule has 182 valence electrons. The number of rotatable bonds is 17. The van der Waals surface area contributed by atoms with E-state index in [9.17, 15) is 8.42 Å². The summed E-state index contributed by atoms with van der Waals surface area (Å²) in [5, 5.41) is 0. The number of hydrogen-bond donors (Lipinski definition) is 1. The third-order valence-corrected chi connectivity index (χ3v) is 6.37. The molecule has 0 radical (unpaired) electrons. The second-order valence-electron chi connectivity index (χ2n) is 8.98. The first kappa shape index (κ1) is 29.8. The van der Waals surface area contributed by atoms with Gasteiger partial charge in [-0.2, -0.15) is 8.42 Å². The quantitative estimate of drug-likeness (QED) is 0.191. The average Bonchev–Trinajstić information content (AvgIpc) is 2.68. The lowest BCUT2D eigenvalue weighted by Gasteiger charge is -2.30. The molecule has 0 spiro atoms. The van der Waals surface area contributed by atoms with Crippen molar-refractivity contribution in [1.82, 2.24) is 4.90 Å². The molecule has 0 aromatic rings. The normalized spacial score (nSPS) is 17.5. The van der Waals surface area contributed by atoms with Gasteiger partial charge in [-0.25, -0.2) is 4.18 Å². The molecular weight excluding hydrogens is 398 g/mol. The van der Waals surface area contributed by atoms with Crippen LogP contribution in [0.3, 0.4) is 0 Å². The fourth-order valence-corrected chi connectivity index (χ4v) is 4.47. The Hall–Kier alpha value is -0.170. The highest BCUT2D eigenvalue weighted by Gasteiger charge is 2.15. The van der Waals surface area contributed by atoms with Crippen LogP contribution in [0, 0.1) is 5.92 Å². The molecule has 0 aliphatic carbocycles. The molecule has 1 aliphatic rings. The Morgan fingerprint density at radius 1 is 0.833 bits per heavy atom. The lowest BCUT2D eigenvalue weighted by atomic mass is 10.00. The summed E-state index contributed by atoms with van der Waals surface area (Å²) in [4.78, 5) is 2.70. The molecule has 1 heterocycles. The Morgan fingerprint density at radius 2 is 1.30 bits per heavy atom. The summed E-state index contributed by atoms with van der Waals surface area (Å²) < 4.78 is 30.7. The Kier molecular flexibility index (Phi) is 20.6. The third kappa shape index (κ3) is 22.5. The summed E-state index contributed by atoms with van der Waals surface area (Å²) in [5.41, 5.74) is 0. The number of unbranched alkanes of at least 4 members (excludes halogenated alkanes) is 13. The fourth-order valence-electron chi connectivity index (χ4n) is 4.17. The summed E-state index contributed by atoms with van der Waals surface area (Å²) in [6, 6.07) is 0. The molecule has 0 amide bonds. The molecule has 1 rings (SSSR count). The molecule has 1 aliphatic heterocycles. The third-order valence-electron chi connectivity index (χ3n) is 5.84. The van der Waals surface area contributed by atoms with Crippen LogP contribution in [0.1, 0.15) is 124 Å². The van der Waals surface area contributed by atoms with Crippen LogP contribution in [0.25, 0.3) is 0 Å². The highest BCUT2D eigenvalue weighted by molar-refractivity contribution is 7.80. The summed E-state index contributed by atoms with van der Waals surface area (Å²) in [7, 11) is -4.17. The van der Waals surface area contributed by atoms with E-state index in [-0.39, 0.29) is 6.61 Å². The Labute approximate surface area is 188 Å². The molecule has 30 heavy (non-hydrogen) atoms. The van der Waals surface area contributed by atoms with Gasteiger partial charge in [0.15, 0.2) is 0 Å². The van der Waals surface area contributed by atoms with Crippen molar-refractivity contribution >= 4 is 10.4 Å². The van der Waals surface area contributed by atoms with Gasteiger partial charge in [0, 0.05) is 6.54 Å². The van der Waals surface area contributed by atoms with Crippen LogP contribution in [-0.2, 0) is 14.6 Å². The maximum Gasteiger partial charge on any atom is 0.397 e. The maximum absolute atomic E-state index is 9.56. The van der Waals surface area contributed by atoms with Crippen LogP contribution in [0.4, 0.5) is 0 Å². The molecule has 1 atom stereocenters. The van der Waals surface area contributed by atoms with Crippen molar-refractivity contribution < 1.29 is 17.2 Å². The van der Waals surface area contributed by atoms with E-state index in [2.05, 4.69) is 22.9 Å². The van der Waals surface area contributed by atoms with Gasteiger partial charge >= 0.3 is 10.4 Å². The summed E-state index contributed by atoms with van der Waals surface area (Å²) in [6.45, 7) is 10.2. The van der Waals surface area contributed by atoms with Crippen LogP contribution >= 0.6 is 0 Å². The van der Waals surface area contributed by atoms with Gasteiger partial charge < -0.3 is 4.90 Å². The van der Waals surface area contributed by atoms with E-state index >= 15 is 0 Å². The van der Waals surface area contributed by atoms with Crippen molar-refractivity contribution in [2.75, 3.05) is 26.2 Å². The van der Waals surface area contributed by atoms with Crippen LogP contribution in [0.2, 0.25) is 0 Å². The van der Waals surface area contributed by atoms with Gasteiger partial charge in [-0.1, -0.05) is 97.3 Å². The van der Waals surface area contributed by atoms with Crippen molar-refractivity contribution in [2.24, 2.45) is 5.92 Å². The Morgan fingerprint density at radius 3 is 1.67 bits per heavy atom. The lowest BCUT2D eigenvalue weighted by Crippen LogP contribution is -2.34. The van der Waals surface area contributed by atoms with Crippen LogP contribution in [0.15, 0.2) is 0 Å². The fraction of sp³-hybridized carbons (Fsp3) is 1.00. The second-order valence-corrected chi connectivity index (χ2v) is 10.1. The second kappa shape index (κ2) is 20.7. The maximum atomic E-state index is 9.56. The van der Waals surface area contributed by atoms with E-state index in [4.69, 9.17) is 4.55 Å². The topological polar surface area (TPSA) is 66.8 Å². The first-order chi connectivity index (χ1) is 14.4. The molecule has 0 saturated carbocycles. The van der Waals surface area contributed by atoms with Gasteiger partial charge in [-0.05, 0) is 45.2 Å². The minimum absolute atomic E-state index is 0.0289. The molecular formula is C24H51NO4S. The molecule has 0 bridgehead atoms. The summed E-state index contributed by atoms with van der Waals surface area (Å²) in [5.74, 6) is 0.940. The van der Waals surface area contributed by atoms with Gasteiger partial charge in [-0.15, -0.1) is 0 Å². The SMILES string of the molecule is CCCCCCCCCCCCCCCCN1CCCC(C)C1.CCOS(=O)(=O)O. The molecule has 1 fully saturated rings. The largest absolute Gasteiger partial charge is 0.397 e. The molecule has 1 unspecified atom stereocenters. The van der Waals surface area contributed by atoms with Crippen LogP contribution in [-0.4, -0.2) is 44.1 Å². The highest BCUT2D eigenvalue weighted by atomic mass is 32.3. The molecule has 1 N–H and O–H groups in total. The van der Waals surface area contributed by atoms with Gasteiger partial charge in [0.2, 0.25) is 0 Å². The molecule has 0 aromatic heterocycles. The van der Waals surface area contributed by atoms with Crippen molar-refractivity contribution in [2.45, 2.75) is 124 Å². The van der Waals surface area contributed by atoms with Gasteiger partial charge in [0.1, 0.15) is 0 Å². The number of hydrogen-bond acceptors (Lipinski definition) is 4. The summed E-state index contributed by atoms with van der Waals surface area (Å²) in [6.07, 6.45) is 23.4. The number of likely N-dealkylation sites (tertiary alicyclic amines) is 1. The first-order valence-electron chi connectivity index (χ1n) is 12.7. The van der Waals surface area contributed by atoms with Gasteiger partial charge in [-0.3, -0.25) is 4.55 Å². The van der Waals surface area contributed by atoms with Crippen molar-refractivity contribution in [1.29, 1.82) is 0 Å².